The Balaban J connectivity index is 1.84. The second-order valence-electron chi connectivity index (χ2n) is 4.82. The fourth-order valence-corrected chi connectivity index (χ4v) is 2.25. The van der Waals surface area contributed by atoms with Crippen LogP contribution in [-0.4, -0.2) is 58.5 Å². The summed E-state index contributed by atoms with van der Waals surface area (Å²) in [6.45, 7) is 6.03. The van der Waals surface area contributed by atoms with Gasteiger partial charge >= 0.3 is 0 Å². The molecule has 0 saturated carbocycles. The maximum Gasteiger partial charge on any atom is 0.161 e. The van der Waals surface area contributed by atoms with Crippen LogP contribution < -0.4 is 14.8 Å². The molecule has 1 N–H and O–H groups in total. The molecule has 1 heterocycles. The van der Waals surface area contributed by atoms with Crippen LogP contribution in [0.15, 0.2) is 18.2 Å². The molecule has 1 aliphatic rings. The van der Waals surface area contributed by atoms with E-state index in [-0.39, 0.29) is 0 Å². The summed E-state index contributed by atoms with van der Waals surface area (Å²) in [5.41, 5.74) is 1.19. The Morgan fingerprint density at radius 3 is 2.75 bits per heavy atom. The van der Waals surface area contributed by atoms with Crippen LogP contribution in [0.25, 0.3) is 0 Å². The van der Waals surface area contributed by atoms with Crippen molar-refractivity contribution < 1.29 is 14.2 Å². The molecule has 2 rings (SSSR count). The summed E-state index contributed by atoms with van der Waals surface area (Å²) < 4.78 is 16.6. The van der Waals surface area contributed by atoms with Crippen LogP contribution in [-0.2, 0) is 11.3 Å². The molecule has 0 radical (unpaired) electrons. The fourth-order valence-electron chi connectivity index (χ4n) is 2.25. The number of ether oxygens (including phenoxy) is 3. The first-order chi connectivity index (χ1) is 9.83. The number of rotatable bonds is 7. The molecule has 0 atom stereocenters. The SMILES string of the molecule is CNCc1ccc(OCCN2CCOCC2)c(OC)c1. The van der Waals surface area contributed by atoms with E-state index in [2.05, 4.69) is 16.3 Å². The summed E-state index contributed by atoms with van der Waals surface area (Å²) in [5.74, 6) is 1.60. The topological polar surface area (TPSA) is 43.0 Å². The van der Waals surface area contributed by atoms with Gasteiger partial charge in [0.05, 0.1) is 20.3 Å². The summed E-state index contributed by atoms with van der Waals surface area (Å²) in [5, 5.41) is 3.13. The van der Waals surface area contributed by atoms with Gasteiger partial charge in [0.1, 0.15) is 6.61 Å². The Morgan fingerprint density at radius 1 is 1.25 bits per heavy atom. The van der Waals surface area contributed by atoms with E-state index in [1.165, 1.54) is 5.56 Å². The number of morpholine rings is 1. The molecule has 0 aromatic heterocycles. The first-order valence-corrected chi connectivity index (χ1v) is 7.08. The first-order valence-electron chi connectivity index (χ1n) is 7.08. The zero-order valence-electron chi connectivity index (χ0n) is 12.4. The maximum atomic E-state index is 5.84. The average molecular weight is 280 g/mol. The van der Waals surface area contributed by atoms with Gasteiger partial charge in [-0.05, 0) is 24.7 Å². The Bertz CT molecular complexity index is 406. The predicted molar refractivity (Wildman–Crippen MR) is 78.5 cm³/mol. The van der Waals surface area contributed by atoms with Gasteiger partial charge in [-0.3, -0.25) is 4.90 Å². The Labute approximate surface area is 120 Å². The lowest BCUT2D eigenvalue weighted by atomic mass is 10.2. The van der Waals surface area contributed by atoms with Crippen LogP contribution in [0.1, 0.15) is 5.56 Å². The van der Waals surface area contributed by atoms with Crippen molar-refractivity contribution in [1.82, 2.24) is 10.2 Å². The summed E-state index contributed by atoms with van der Waals surface area (Å²) in [6, 6.07) is 6.05. The second-order valence-corrected chi connectivity index (χ2v) is 4.82. The van der Waals surface area contributed by atoms with Gasteiger partial charge in [0.2, 0.25) is 0 Å². The largest absolute Gasteiger partial charge is 0.493 e. The number of nitrogens with zero attached hydrogens (tertiary/aromatic N) is 1. The van der Waals surface area contributed by atoms with Gasteiger partial charge in [0.15, 0.2) is 11.5 Å². The van der Waals surface area contributed by atoms with E-state index in [4.69, 9.17) is 14.2 Å². The molecule has 1 fully saturated rings. The van der Waals surface area contributed by atoms with Crippen molar-refractivity contribution in [3.63, 3.8) is 0 Å². The Hall–Kier alpha value is -1.30. The number of nitrogens with one attached hydrogen (secondary N) is 1. The molecule has 1 aromatic carbocycles. The van der Waals surface area contributed by atoms with E-state index in [0.717, 1.165) is 50.9 Å². The molecule has 0 amide bonds. The maximum absolute atomic E-state index is 5.84. The van der Waals surface area contributed by atoms with Gasteiger partial charge in [-0.1, -0.05) is 6.07 Å². The van der Waals surface area contributed by atoms with Gasteiger partial charge < -0.3 is 19.5 Å². The molecule has 1 aromatic rings. The van der Waals surface area contributed by atoms with Crippen molar-refractivity contribution in [3.05, 3.63) is 23.8 Å². The third kappa shape index (κ3) is 4.37. The number of hydrogen-bond donors (Lipinski definition) is 1. The minimum Gasteiger partial charge on any atom is -0.493 e. The molecule has 0 spiro atoms. The van der Waals surface area contributed by atoms with Crippen LogP contribution in [0.2, 0.25) is 0 Å². The highest BCUT2D eigenvalue weighted by atomic mass is 16.5. The van der Waals surface area contributed by atoms with Crippen LogP contribution in [0.5, 0.6) is 11.5 Å². The lowest BCUT2D eigenvalue weighted by Crippen LogP contribution is -2.38. The van der Waals surface area contributed by atoms with Gasteiger partial charge in [0, 0.05) is 26.2 Å². The fraction of sp³-hybridized carbons (Fsp3) is 0.600. The summed E-state index contributed by atoms with van der Waals surface area (Å²) in [7, 11) is 3.60. The molecule has 112 valence electrons. The quantitative estimate of drug-likeness (QED) is 0.811. The van der Waals surface area contributed by atoms with Gasteiger partial charge in [-0.25, -0.2) is 0 Å². The van der Waals surface area contributed by atoms with Crippen molar-refractivity contribution in [3.8, 4) is 11.5 Å². The van der Waals surface area contributed by atoms with Crippen molar-refractivity contribution in [1.29, 1.82) is 0 Å². The zero-order valence-corrected chi connectivity index (χ0v) is 12.4. The monoisotopic (exact) mass is 280 g/mol. The minimum atomic E-state index is 0.668. The van der Waals surface area contributed by atoms with Crippen molar-refractivity contribution in [2.75, 3.05) is 53.6 Å². The normalized spacial score (nSPS) is 16.1. The zero-order chi connectivity index (χ0) is 14.2. The van der Waals surface area contributed by atoms with Crippen LogP contribution in [0.4, 0.5) is 0 Å². The molecule has 20 heavy (non-hydrogen) atoms. The lowest BCUT2D eigenvalue weighted by Gasteiger charge is -2.26. The number of benzene rings is 1. The highest BCUT2D eigenvalue weighted by Crippen LogP contribution is 2.28. The van der Waals surface area contributed by atoms with E-state index in [9.17, 15) is 0 Å². The third-order valence-corrected chi connectivity index (χ3v) is 3.38. The minimum absolute atomic E-state index is 0.668. The molecule has 0 bridgehead atoms. The number of methoxy groups -OCH3 is 1. The van der Waals surface area contributed by atoms with E-state index in [0.29, 0.717) is 6.61 Å². The molecule has 1 aliphatic heterocycles. The predicted octanol–water partition coefficient (Wildman–Crippen LogP) is 1.13. The van der Waals surface area contributed by atoms with Crippen molar-refractivity contribution >= 4 is 0 Å². The summed E-state index contributed by atoms with van der Waals surface area (Å²) >= 11 is 0. The smallest absolute Gasteiger partial charge is 0.161 e. The molecule has 1 saturated heterocycles. The van der Waals surface area contributed by atoms with E-state index in [1.54, 1.807) is 7.11 Å². The molecule has 0 aliphatic carbocycles. The van der Waals surface area contributed by atoms with Crippen LogP contribution >= 0.6 is 0 Å². The molecular formula is C15H24N2O3. The van der Waals surface area contributed by atoms with Gasteiger partial charge in [-0.2, -0.15) is 0 Å². The molecule has 5 heteroatoms. The van der Waals surface area contributed by atoms with Crippen molar-refractivity contribution in [2.24, 2.45) is 0 Å². The molecule has 0 unspecified atom stereocenters. The molecular weight excluding hydrogens is 256 g/mol. The lowest BCUT2D eigenvalue weighted by molar-refractivity contribution is 0.0321. The summed E-state index contributed by atoms with van der Waals surface area (Å²) in [4.78, 5) is 2.35. The van der Waals surface area contributed by atoms with Crippen LogP contribution in [0, 0.1) is 0 Å². The molecule has 5 nitrogen and oxygen atoms in total. The van der Waals surface area contributed by atoms with Gasteiger partial charge in [0.25, 0.3) is 0 Å². The van der Waals surface area contributed by atoms with E-state index in [1.807, 2.05) is 19.2 Å². The highest BCUT2D eigenvalue weighted by Gasteiger charge is 2.11. The number of hydrogen-bond acceptors (Lipinski definition) is 5. The first kappa shape index (κ1) is 15.1. The van der Waals surface area contributed by atoms with Crippen LogP contribution in [0.3, 0.4) is 0 Å². The summed E-state index contributed by atoms with van der Waals surface area (Å²) in [6.07, 6.45) is 0. The van der Waals surface area contributed by atoms with Gasteiger partial charge in [-0.15, -0.1) is 0 Å². The van der Waals surface area contributed by atoms with Crippen molar-refractivity contribution in [2.45, 2.75) is 6.54 Å². The average Bonchev–Trinajstić information content (AvgIpc) is 2.50. The third-order valence-electron chi connectivity index (χ3n) is 3.38. The highest BCUT2D eigenvalue weighted by molar-refractivity contribution is 5.42. The van der Waals surface area contributed by atoms with E-state index >= 15 is 0 Å². The second kappa shape index (κ2) is 8.09. The van der Waals surface area contributed by atoms with E-state index < -0.39 is 0 Å². The Kier molecular flexibility index (Phi) is 6.11. The standard InChI is InChI=1S/C15H24N2O3/c1-16-12-13-3-4-14(15(11-13)18-2)20-10-7-17-5-8-19-9-6-17/h3-4,11,16H,5-10,12H2,1-2H3. The Morgan fingerprint density at radius 2 is 2.05 bits per heavy atom.